The maximum absolute atomic E-state index is 5.00. The van der Waals surface area contributed by atoms with Gasteiger partial charge in [-0.2, -0.15) is 0 Å². The van der Waals surface area contributed by atoms with Crippen LogP contribution in [0.15, 0.2) is 0 Å². The molecule has 4 heavy (non-hydrogen) atoms. The zero-order chi connectivity index (χ0) is 2.71. The molecule has 0 fully saturated rings. The van der Waals surface area contributed by atoms with Crippen molar-refractivity contribution < 1.29 is 0 Å². The van der Waals surface area contributed by atoms with Gasteiger partial charge >= 0.3 is 17.4 Å². The summed E-state index contributed by atoms with van der Waals surface area (Å²) in [6.07, 6.45) is 0. The molecule has 0 amide bonds. The normalized spacial score (nSPS) is 4.50. The van der Waals surface area contributed by atoms with Gasteiger partial charge in [-0.1, -0.05) is 6.92 Å². The van der Waals surface area contributed by atoms with Gasteiger partial charge in [0.05, 0.1) is 0 Å². The third kappa shape index (κ3) is 13.9. The molecule has 0 radical (unpaired) electrons. The van der Waals surface area contributed by atoms with Crippen LogP contribution in [0.3, 0.4) is 0 Å². The Kier molecular flexibility index (Phi) is 20.3. The Morgan fingerprint density at radius 2 is 1.75 bits per heavy atom. The van der Waals surface area contributed by atoms with Gasteiger partial charge in [-0.25, -0.2) is 0 Å². The van der Waals surface area contributed by atoms with Crippen molar-refractivity contribution in [2.75, 3.05) is 5.88 Å². The van der Waals surface area contributed by atoms with Gasteiger partial charge in [0, 0.05) is 5.88 Å². The van der Waals surface area contributed by atoms with Gasteiger partial charge in [-0.05, 0) is 0 Å². The molecule has 0 aromatic carbocycles. The molecule has 0 atom stereocenters. The Bertz CT molecular complexity index is 6.00. The molecule has 0 heterocycles. The van der Waals surface area contributed by atoms with E-state index < -0.39 is 0 Å². The number of hydrogen-bond donors (Lipinski definition) is 0. The van der Waals surface area contributed by atoms with Crippen LogP contribution in [0.25, 0.3) is 0 Å². The number of alkyl halides is 1. The van der Waals surface area contributed by atoms with E-state index in [1.807, 2.05) is 6.92 Å². The van der Waals surface area contributed by atoms with Gasteiger partial charge in [0.2, 0.25) is 0 Å². The molecular weight excluding hydrogens is 86.5 g/mol. The summed E-state index contributed by atoms with van der Waals surface area (Å²) in [7, 11) is 0. The summed E-state index contributed by atoms with van der Waals surface area (Å²) in [5, 5.41) is 0. The molecule has 0 unspecified atom stereocenters. The summed E-state index contributed by atoms with van der Waals surface area (Å²) in [6.45, 7) is 1.89. The van der Waals surface area contributed by atoms with Crippen LogP contribution in [0.4, 0.5) is 0 Å². The minimum atomic E-state index is 0. The molecule has 0 rings (SSSR count). The molecule has 0 aliphatic carbocycles. The van der Waals surface area contributed by atoms with Gasteiger partial charge in [0.1, 0.15) is 0 Å². The van der Waals surface area contributed by atoms with Crippen LogP contribution in [0.1, 0.15) is 6.92 Å². The molecule has 0 aliphatic heterocycles. The van der Waals surface area contributed by atoms with E-state index in [0.717, 1.165) is 5.88 Å². The van der Waals surface area contributed by atoms with E-state index >= 15 is 0 Å². The average molecular weight is 91.5 g/mol. The molecule has 0 aromatic heterocycles. The second kappa shape index (κ2) is 9.17. The van der Waals surface area contributed by atoms with Crippen molar-refractivity contribution in [3.8, 4) is 0 Å². The largest absolute Gasteiger partial charge is 3.00 e. The van der Waals surface area contributed by atoms with E-state index in [0.29, 0.717) is 0 Å². The number of halogens is 1. The van der Waals surface area contributed by atoms with E-state index in [2.05, 4.69) is 0 Å². The van der Waals surface area contributed by atoms with Crippen molar-refractivity contribution >= 4 is 29.0 Å². The predicted octanol–water partition coefficient (Wildman–Crippen LogP) is 0.864. The summed E-state index contributed by atoms with van der Waals surface area (Å²) in [5.74, 6) is 0.722. The van der Waals surface area contributed by atoms with Gasteiger partial charge in [-0.15, -0.1) is 11.6 Å². The third-order valence-electron chi connectivity index (χ3n) is 0. The molecule has 0 aromatic rings. The summed E-state index contributed by atoms with van der Waals surface area (Å²) in [4.78, 5) is 0. The summed E-state index contributed by atoms with van der Waals surface area (Å²) in [6, 6.07) is 0. The fraction of sp³-hybridized carbons (Fsp3) is 1.00. The summed E-state index contributed by atoms with van der Waals surface area (Å²) >= 11 is 5.00. The first kappa shape index (κ1) is 8.85. The first-order chi connectivity index (χ1) is 1.41. The molecule has 20 valence electrons. The molecule has 0 aliphatic rings. The number of rotatable bonds is 0. The predicted molar refractivity (Wildman–Crippen MR) is 22.1 cm³/mol. The second-order valence-electron chi connectivity index (χ2n) is 0.267. The van der Waals surface area contributed by atoms with E-state index in [1.54, 1.807) is 0 Å². The minimum Gasteiger partial charge on any atom is -0.127 e. The Morgan fingerprint density at radius 1 is 1.75 bits per heavy atom. The van der Waals surface area contributed by atoms with Crippen LogP contribution in [-0.4, -0.2) is 23.2 Å². The first-order valence-corrected chi connectivity index (χ1v) is 1.51. The third-order valence-corrected chi connectivity index (χ3v) is 0. The van der Waals surface area contributed by atoms with Crippen LogP contribution in [0.5, 0.6) is 0 Å². The Balaban J connectivity index is 0. The van der Waals surface area contributed by atoms with Gasteiger partial charge in [0.15, 0.2) is 0 Å². The fourth-order valence-corrected chi connectivity index (χ4v) is 0. The van der Waals surface area contributed by atoms with Crippen molar-refractivity contribution in [1.82, 2.24) is 0 Å². The molecule has 2 heteroatoms. The Morgan fingerprint density at radius 3 is 1.75 bits per heavy atom. The van der Waals surface area contributed by atoms with Crippen LogP contribution in [0, 0.1) is 0 Å². The molecule has 0 saturated heterocycles. The summed E-state index contributed by atoms with van der Waals surface area (Å²) in [5.41, 5.74) is 0. The van der Waals surface area contributed by atoms with Crippen molar-refractivity contribution in [3.05, 3.63) is 0 Å². The van der Waals surface area contributed by atoms with E-state index in [-0.39, 0.29) is 17.4 Å². The van der Waals surface area contributed by atoms with Crippen molar-refractivity contribution in [1.29, 1.82) is 0 Å². The molecule has 0 nitrogen and oxygen atoms in total. The van der Waals surface area contributed by atoms with Crippen molar-refractivity contribution in [2.24, 2.45) is 0 Å². The average Bonchev–Trinajstić information content (AvgIpc) is 0.918. The molecular formula is C2H5AlCl+3. The quantitative estimate of drug-likeness (QED) is 0.307. The Labute approximate surface area is 42.3 Å². The molecule has 0 saturated carbocycles. The van der Waals surface area contributed by atoms with Gasteiger partial charge in [-0.3, -0.25) is 0 Å². The molecule has 0 spiro atoms. The smallest absolute Gasteiger partial charge is 0.127 e. The minimum absolute atomic E-state index is 0. The fourth-order valence-electron chi connectivity index (χ4n) is 0. The van der Waals surface area contributed by atoms with E-state index in [1.165, 1.54) is 0 Å². The maximum atomic E-state index is 5.00. The van der Waals surface area contributed by atoms with Crippen molar-refractivity contribution in [3.63, 3.8) is 0 Å². The van der Waals surface area contributed by atoms with Crippen molar-refractivity contribution in [2.45, 2.75) is 6.92 Å². The van der Waals surface area contributed by atoms with Crippen LogP contribution < -0.4 is 0 Å². The molecule has 0 bridgehead atoms. The zero-order valence-electron chi connectivity index (χ0n) is 2.66. The van der Waals surface area contributed by atoms with Crippen LogP contribution in [-0.2, 0) is 0 Å². The van der Waals surface area contributed by atoms with Gasteiger partial charge < -0.3 is 0 Å². The monoisotopic (exact) mass is 91.0 g/mol. The zero-order valence-corrected chi connectivity index (χ0v) is 4.57. The van der Waals surface area contributed by atoms with Gasteiger partial charge in [0.25, 0.3) is 0 Å². The topological polar surface area (TPSA) is 0 Å². The summed E-state index contributed by atoms with van der Waals surface area (Å²) < 4.78 is 0. The Hall–Kier alpha value is 0.822. The SMILES string of the molecule is CCCl.[Al+3]. The van der Waals surface area contributed by atoms with E-state index in [4.69, 9.17) is 11.6 Å². The number of hydrogen-bond acceptors (Lipinski definition) is 0. The van der Waals surface area contributed by atoms with E-state index in [9.17, 15) is 0 Å². The standard InChI is InChI=1S/C2H5Cl.Al/c1-2-3;/h2H2,1H3;/q;+3. The first-order valence-electron chi connectivity index (χ1n) is 0.974. The second-order valence-corrected chi connectivity index (χ2v) is 0.802. The molecule has 0 N–H and O–H groups in total. The maximum Gasteiger partial charge on any atom is 3.00 e. The van der Waals surface area contributed by atoms with Crippen LogP contribution in [0.2, 0.25) is 0 Å². The van der Waals surface area contributed by atoms with Crippen LogP contribution >= 0.6 is 11.6 Å².